The smallest absolute Gasteiger partial charge is 0.137 e. The second-order valence-electron chi connectivity index (χ2n) is 7.26. The van der Waals surface area contributed by atoms with Gasteiger partial charge < -0.3 is 9.30 Å². The van der Waals surface area contributed by atoms with Crippen LogP contribution in [-0.2, 0) is 6.54 Å². The molecule has 2 saturated heterocycles. The van der Waals surface area contributed by atoms with Crippen LogP contribution in [0.25, 0.3) is 5.65 Å². The van der Waals surface area contributed by atoms with Gasteiger partial charge in [-0.3, -0.25) is 9.80 Å². The summed E-state index contributed by atoms with van der Waals surface area (Å²) in [6.07, 6.45) is 6.09. The van der Waals surface area contributed by atoms with Crippen LogP contribution >= 0.6 is 0 Å². The number of hydrogen-bond acceptors (Lipinski definition) is 5. The zero-order valence-electron chi connectivity index (χ0n) is 14.9. The summed E-state index contributed by atoms with van der Waals surface area (Å²) in [6.45, 7) is 7.65. The lowest BCUT2D eigenvalue weighted by atomic mass is 10.1. The van der Waals surface area contributed by atoms with Crippen LogP contribution in [0, 0.1) is 0 Å². The van der Waals surface area contributed by atoms with Crippen molar-refractivity contribution in [2.75, 3.05) is 44.2 Å². The van der Waals surface area contributed by atoms with E-state index in [1.807, 2.05) is 24.4 Å². The number of likely N-dealkylation sites (tertiary alicyclic amines) is 1. The summed E-state index contributed by atoms with van der Waals surface area (Å²) < 4.78 is 2.10. The van der Waals surface area contributed by atoms with Gasteiger partial charge in [-0.25, -0.2) is 9.97 Å². The average Bonchev–Trinajstić information content (AvgIpc) is 3.08. The van der Waals surface area contributed by atoms with Crippen LogP contribution < -0.4 is 4.90 Å². The highest BCUT2D eigenvalue weighted by Gasteiger charge is 2.33. The molecule has 0 N–H and O–H groups in total. The minimum Gasteiger partial charge on any atom is -0.354 e. The molecule has 0 aliphatic carbocycles. The Bertz CT molecular complexity index is 829. The fourth-order valence-electron chi connectivity index (χ4n) is 4.05. The Morgan fingerprint density at radius 1 is 0.962 bits per heavy atom. The van der Waals surface area contributed by atoms with Crippen LogP contribution in [0.2, 0.25) is 0 Å². The summed E-state index contributed by atoms with van der Waals surface area (Å²) in [5.74, 6) is 1.11. The molecule has 0 unspecified atom stereocenters. The van der Waals surface area contributed by atoms with Gasteiger partial charge in [0.05, 0.1) is 5.69 Å². The van der Waals surface area contributed by atoms with Crippen LogP contribution in [-0.4, -0.2) is 69.5 Å². The number of anilines is 1. The zero-order valence-corrected chi connectivity index (χ0v) is 14.9. The van der Waals surface area contributed by atoms with E-state index in [1.54, 1.807) is 0 Å². The minimum absolute atomic E-state index is 0.693. The fourth-order valence-corrected chi connectivity index (χ4v) is 4.05. The highest BCUT2D eigenvalue weighted by molar-refractivity contribution is 5.39. The first-order valence-corrected chi connectivity index (χ1v) is 9.40. The van der Waals surface area contributed by atoms with E-state index in [-0.39, 0.29) is 0 Å². The lowest BCUT2D eigenvalue weighted by Gasteiger charge is -2.48. The predicted molar refractivity (Wildman–Crippen MR) is 102 cm³/mol. The molecule has 0 saturated carbocycles. The molecular formula is C20H24N6. The van der Waals surface area contributed by atoms with Crippen molar-refractivity contribution in [3.8, 4) is 0 Å². The van der Waals surface area contributed by atoms with Crippen LogP contribution in [0.1, 0.15) is 5.69 Å². The number of hydrogen-bond donors (Lipinski definition) is 0. The minimum atomic E-state index is 0.693. The van der Waals surface area contributed by atoms with E-state index in [2.05, 4.69) is 54.7 Å². The third kappa shape index (κ3) is 3.06. The third-order valence-electron chi connectivity index (χ3n) is 5.54. The van der Waals surface area contributed by atoms with Crippen molar-refractivity contribution in [2.45, 2.75) is 12.6 Å². The Kier molecular flexibility index (Phi) is 4.07. The summed E-state index contributed by atoms with van der Waals surface area (Å²) in [5, 5.41) is 0. The van der Waals surface area contributed by atoms with Gasteiger partial charge in [-0.05, 0) is 24.3 Å². The van der Waals surface area contributed by atoms with E-state index in [0.717, 1.165) is 63.0 Å². The summed E-state index contributed by atoms with van der Waals surface area (Å²) >= 11 is 0. The number of piperazine rings is 1. The van der Waals surface area contributed by atoms with Gasteiger partial charge in [0.1, 0.15) is 11.5 Å². The molecule has 0 radical (unpaired) electrons. The second-order valence-corrected chi connectivity index (χ2v) is 7.26. The van der Waals surface area contributed by atoms with Crippen molar-refractivity contribution in [1.82, 2.24) is 24.2 Å². The van der Waals surface area contributed by atoms with Crippen molar-refractivity contribution in [3.05, 3.63) is 60.7 Å². The Morgan fingerprint density at radius 2 is 1.81 bits per heavy atom. The Labute approximate surface area is 153 Å². The SMILES string of the molecule is c1ccc(N2CCN(C3CN(Cc4cn5ccccc5n4)C3)CC2)nc1. The molecule has 5 rings (SSSR count). The first-order valence-electron chi connectivity index (χ1n) is 9.40. The number of nitrogens with zero attached hydrogens (tertiary/aromatic N) is 6. The van der Waals surface area contributed by atoms with Crippen molar-refractivity contribution in [1.29, 1.82) is 0 Å². The highest BCUT2D eigenvalue weighted by Crippen LogP contribution is 2.21. The normalized spacial score (nSPS) is 19.8. The van der Waals surface area contributed by atoms with E-state index < -0.39 is 0 Å². The summed E-state index contributed by atoms with van der Waals surface area (Å²) in [6, 6.07) is 13.0. The molecule has 0 spiro atoms. The number of pyridine rings is 2. The van der Waals surface area contributed by atoms with E-state index in [1.165, 1.54) is 0 Å². The fraction of sp³-hybridized carbons (Fsp3) is 0.400. The first-order chi connectivity index (χ1) is 12.8. The standard InChI is InChI=1S/C20H24N6/c1-3-7-21-19(5-1)25-11-9-24(10-12-25)18-15-23(16-18)13-17-14-26-8-4-2-6-20(26)22-17/h1-8,14,18H,9-13,15-16H2. The van der Waals surface area contributed by atoms with Gasteiger partial charge in [-0.2, -0.15) is 0 Å². The van der Waals surface area contributed by atoms with Crippen LogP contribution in [0.5, 0.6) is 0 Å². The molecule has 0 amide bonds. The molecule has 2 fully saturated rings. The van der Waals surface area contributed by atoms with Crippen molar-refractivity contribution < 1.29 is 0 Å². The van der Waals surface area contributed by atoms with Crippen LogP contribution in [0.15, 0.2) is 55.0 Å². The van der Waals surface area contributed by atoms with Crippen LogP contribution in [0.4, 0.5) is 5.82 Å². The summed E-state index contributed by atoms with van der Waals surface area (Å²) in [7, 11) is 0. The van der Waals surface area contributed by atoms with E-state index in [9.17, 15) is 0 Å². The molecule has 6 heteroatoms. The Morgan fingerprint density at radius 3 is 2.58 bits per heavy atom. The zero-order chi connectivity index (χ0) is 17.3. The second kappa shape index (κ2) is 6.70. The molecule has 2 aliphatic heterocycles. The molecular weight excluding hydrogens is 324 g/mol. The van der Waals surface area contributed by atoms with Gasteiger partial charge in [0.2, 0.25) is 0 Å². The number of imidazole rings is 1. The van der Waals surface area contributed by atoms with Gasteiger partial charge in [0, 0.05) is 70.4 Å². The maximum absolute atomic E-state index is 4.71. The van der Waals surface area contributed by atoms with Crippen molar-refractivity contribution >= 4 is 11.5 Å². The quantitative estimate of drug-likeness (QED) is 0.718. The number of rotatable bonds is 4. The molecule has 0 aromatic carbocycles. The Hall–Kier alpha value is -2.44. The molecule has 3 aromatic heterocycles. The molecule has 0 atom stereocenters. The van der Waals surface area contributed by atoms with E-state index >= 15 is 0 Å². The molecule has 3 aromatic rings. The van der Waals surface area contributed by atoms with Gasteiger partial charge in [0.25, 0.3) is 0 Å². The third-order valence-corrected chi connectivity index (χ3v) is 5.54. The molecule has 26 heavy (non-hydrogen) atoms. The lowest BCUT2D eigenvalue weighted by molar-refractivity contribution is 0.0249. The lowest BCUT2D eigenvalue weighted by Crippen LogP contribution is -2.62. The van der Waals surface area contributed by atoms with Crippen molar-refractivity contribution in [3.63, 3.8) is 0 Å². The van der Waals surface area contributed by atoms with Gasteiger partial charge >= 0.3 is 0 Å². The maximum Gasteiger partial charge on any atom is 0.137 e. The van der Waals surface area contributed by atoms with Crippen molar-refractivity contribution in [2.24, 2.45) is 0 Å². The largest absolute Gasteiger partial charge is 0.354 e. The first kappa shape index (κ1) is 15.8. The Balaban J connectivity index is 1.12. The number of fused-ring (bicyclic) bond motifs is 1. The van der Waals surface area contributed by atoms with E-state index in [0.29, 0.717) is 6.04 Å². The maximum atomic E-state index is 4.71. The number of aromatic nitrogens is 3. The molecule has 2 aliphatic rings. The monoisotopic (exact) mass is 348 g/mol. The van der Waals surface area contributed by atoms with Gasteiger partial charge in [-0.1, -0.05) is 12.1 Å². The van der Waals surface area contributed by atoms with Gasteiger partial charge in [-0.15, -0.1) is 0 Å². The highest BCUT2D eigenvalue weighted by atomic mass is 15.4. The molecule has 6 nitrogen and oxygen atoms in total. The molecule has 134 valence electrons. The topological polar surface area (TPSA) is 39.9 Å². The average molecular weight is 348 g/mol. The summed E-state index contributed by atoms with van der Waals surface area (Å²) in [4.78, 5) is 16.7. The predicted octanol–water partition coefficient (Wildman–Crippen LogP) is 1.74. The van der Waals surface area contributed by atoms with E-state index in [4.69, 9.17) is 4.98 Å². The molecule has 5 heterocycles. The van der Waals surface area contributed by atoms with Crippen LogP contribution in [0.3, 0.4) is 0 Å². The molecule has 0 bridgehead atoms. The van der Waals surface area contributed by atoms with Gasteiger partial charge in [0.15, 0.2) is 0 Å². The summed E-state index contributed by atoms with van der Waals surface area (Å²) in [5.41, 5.74) is 2.19.